The highest BCUT2D eigenvalue weighted by molar-refractivity contribution is 6.32. The van der Waals surface area contributed by atoms with Crippen LogP contribution in [0.25, 0.3) is 0 Å². The van der Waals surface area contributed by atoms with Crippen molar-refractivity contribution in [3.8, 4) is 5.75 Å². The van der Waals surface area contributed by atoms with Crippen LogP contribution in [-0.4, -0.2) is 29.0 Å². The molecule has 1 aliphatic carbocycles. The van der Waals surface area contributed by atoms with Crippen LogP contribution in [0.4, 0.5) is 0 Å². The van der Waals surface area contributed by atoms with Crippen LogP contribution < -0.4 is 10.6 Å². The Labute approximate surface area is 116 Å². The van der Waals surface area contributed by atoms with Crippen LogP contribution in [0, 0.1) is 0 Å². The maximum Gasteiger partial charge on any atom is 0.251 e. The van der Waals surface area contributed by atoms with Gasteiger partial charge in [-0.05, 0) is 38.0 Å². The fourth-order valence-corrected chi connectivity index (χ4v) is 1.73. The van der Waals surface area contributed by atoms with E-state index in [0.29, 0.717) is 5.56 Å². The number of nitrogens with one attached hydrogen (secondary N) is 2. The Morgan fingerprint density at radius 2 is 2.11 bits per heavy atom. The van der Waals surface area contributed by atoms with Gasteiger partial charge in [-0.15, -0.1) is 0 Å². The van der Waals surface area contributed by atoms with Crippen LogP contribution >= 0.6 is 11.6 Å². The molecule has 5 nitrogen and oxygen atoms in total. The molecule has 1 aromatic rings. The monoisotopic (exact) mass is 282 g/mol. The first-order valence-corrected chi connectivity index (χ1v) is 6.45. The highest BCUT2D eigenvalue weighted by atomic mass is 35.5. The third kappa shape index (κ3) is 3.61. The summed E-state index contributed by atoms with van der Waals surface area (Å²) >= 11 is 5.72. The minimum absolute atomic E-state index is 0.0854. The smallest absolute Gasteiger partial charge is 0.251 e. The Bertz CT molecular complexity index is 515. The lowest BCUT2D eigenvalue weighted by atomic mass is 10.2. The average Bonchev–Trinajstić information content (AvgIpc) is 3.16. The number of aromatic hydroxyl groups is 1. The van der Waals surface area contributed by atoms with Crippen molar-refractivity contribution in [1.82, 2.24) is 10.6 Å². The van der Waals surface area contributed by atoms with Crippen molar-refractivity contribution in [2.75, 3.05) is 0 Å². The van der Waals surface area contributed by atoms with Crippen molar-refractivity contribution in [3.05, 3.63) is 28.8 Å². The number of halogens is 1. The van der Waals surface area contributed by atoms with E-state index >= 15 is 0 Å². The van der Waals surface area contributed by atoms with Crippen LogP contribution in [0.2, 0.25) is 5.02 Å². The standard InChI is InChI=1S/C13H15ClN2O3/c1-7(12(18)16-9-3-4-9)15-13(19)8-2-5-11(17)10(14)6-8/h2,5-7,9,17H,3-4H2,1H3,(H,15,19)(H,16,18). The second kappa shape index (κ2) is 5.48. The van der Waals surface area contributed by atoms with Gasteiger partial charge in [-0.1, -0.05) is 11.6 Å². The molecule has 2 rings (SSSR count). The van der Waals surface area contributed by atoms with E-state index in [1.165, 1.54) is 18.2 Å². The lowest BCUT2D eigenvalue weighted by Gasteiger charge is -2.14. The van der Waals surface area contributed by atoms with Gasteiger partial charge in [-0.2, -0.15) is 0 Å². The molecule has 1 aliphatic rings. The number of hydrogen-bond acceptors (Lipinski definition) is 3. The Balaban J connectivity index is 1.95. The summed E-state index contributed by atoms with van der Waals surface area (Å²) in [5.41, 5.74) is 0.300. The number of carbonyl (C=O) groups is 2. The molecule has 0 radical (unpaired) electrons. The molecule has 0 aromatic heterocycles. The second-order valence-electron chi connectivity index (χ2n) is 4.64. The molecular formula is C13H15ClN2O3. The van der Waals surface area contributed by atoms with E-state index in [9.17, 15) is 14.7 Å². The van der Waals surface area contributed by atoms with Gasteiger partial charge >= 0.3 is 0 Å². The van der Waals surface area contributed by atoms with E-state index < -0.39 is 11.9 Å². The molecule has 0 spiro atoms. The van der Waals surface area contributed by atoms with E-state index in [4.69, 9.17) is 11.6 Å². The molecule has 1 atom stereocenters. The van der Waals surface area contributed by atoms with Gasteiger partial charge in [0.1, 0.15) is 11.8 Å². The van der Waals surface area contributed by atoms with Gasteiger partial charge in [0.2, 0.25) is 5.91 Å². The van der Waals surface area contributed by atoms with Crippen LogP contribution in [0.5, 0.6) is 5.75 Å². The molecule has 0 aliphatic heterocycles. The molecule has 0 saturated heterocycles. The fraction of sp³-hybridized carbons (Fsp3) is 0.385. The quantitative estimate of drug-likeness (QED) is 0.782. The Hall–Kier alpha value is -1.75. The molecular weight excluding hydrogens is 268 g/mol. The van der Waals surface area contributed by atoms with E-state index in [1.54, 1.807) is 6.92 Å². The van der Waals surface area contributed by atoms with E-state index in [1.807, 2.05) is 0 Å². The normalized spacial score (nSPS) is 15.7. The summed E-state index contributed by atoms with van der Waals surface area (Å²) in [5.74, 6) is -0.682. The summed E-state index contributed by atoms with van der Waals surface area (Å²) in [6.07, 6.45) is 2.00. The molecule has 3 N–H and O–H groups in total. The minimum Gasteiger partial charge on any atom is -0.506 e. The molecule has 1 fully saturated rings. The summed E-state index contributed by atoms with van der Waals surface area (Å²) in [6.45, 7) is 1.62. The average molecular weight is 283 g/mol. The fourth-order valence-electron chi connectivity index (χ4n) is 1.55. The molecule has 102 valence electrons. The van der Waals surface area contributed by atoms with Crippen molar-refractivity contribution < 1.29 is 14.7 Å². The third-order valence-corrected chi connectivity index (χ3v) is 3.18. The van der Waals surface area contributed by atoms with Gasteiger partial charge in [0.05, 0.1) is 5.02 Å². The second-order valence-corrected chi connectivity index (χ2v) is 5.05. The predicted molar refractivity (Wildman–Crippen MR) is 71.2 cm³/mol. The molecule has 6 heteroatoms. The van der Waals surface area contributed by atoms with E-state index in [2.05, 4.69) is 10.6 Å². The molecule has 0 bridgehead atoms. The third-order valence-electron chi connectivity index (χ3n) is 2.87. The zero-order chi connectivity index (χ0) is 14.0. The summed E-state index contributed by atoms with van der Waals surface area (Å²) in [4.78, 5) is 23.6. The van der Waals surface area contributed by atoms with E-state index in [-0.39, 0.29) is 22.7 Å². The van der Waals surface area contributed by atoms with Gasteiger partial charge in [0.25, 0.3) is 5.91 Å². The summed E-state index contributed by atoms with van der Waals surface area (Å²) < 4.78 is 0. The van der Waals surface area contributed by atoms with Crippen molar-refractivity contribution in [2.45, 2.75) is 31.8 Å². The van der Waals surface area contributed by atoms with Gasteiger partial charge < -0.3 is 15.7 Å². The highest BCUT2D eigenvalue weighted by Crippen LogP contribution is 2.23. The van der Waals surface area contributed by atoms with Gasteiger partial charge in [0, 0.05) is 11.6 Å². The zero-order valence-electron chi connectivity index (χ0n) is 10.4. The van der Waals surface area contributed by atoms with Gasteiger partial charge in [0.15, 0.2) is 0 Å². The summed E-state index contributed by atoms with van der Waals surface area (Å²) in [5, 5.41) is 14.8. The van der Waals surface area contributed by atoms with Crippen LogP contribution in [0.3, 0.4) is 0 Å². The first kappa shape index (κ1) is 13.7. The Morgan fingerprint density at radius 3 is 2.68 bits per heavy atom. The summed E-state index contributed by atoms with van der Waals surface area (Å²) in [7, 11) is 0. The number of rotatable bonds is 4. The molecule has 19 heavy (non-hydrogen) atoms. The lowest BCUT2D eigenvalue weighted by molar-refractivity contribution is -0.122. The topological polar surface area (TPSA) is 78.4 Å². The van der Waals surface area contributed by atoms with Crippen LogP contribution in [0.1, 0.15) is 30.1 Å². The maximum atomic E-state index is 11.9. The maximum absolute atomic E-state index is 11.9. The number of phenols is 1. The predicted octanol–water partition coefficient (Wildman–Crippen LogP) is 1.44. The molecule has 1 unspecified atom stereocenters. The molecule has 1 aromatic carbocycles. The number of carbonyl (C=O) groups excluding carboxylic acids is 2. The lowest BCUT2D eigenvalue weighted by Crippen LogP contribution is -2.45. The van der Waals surface area contributed by atoms with Crippen molar-refractivity contribution in [1.29, 1.82) is 0 Å². The first-order chi connectivity index (χ1) is 8.97. The summed E-state index contributed by atoms with van der Waals surface area (Å²) in [6, 6.07) is 3.79. The number of phenolic OH excluding ortho intramolecular Hbond substituents is 1. The highest BCUT2D eigenvalue weighted by Gasteiger charge is 2.26. The van der Waals surface area contributed by atoms with Crippen LogP contribution in [-0.2, 0) is 4.79 Å². The van der Waals surface area contributed by atoms with Crippen LogP contribution in [0.15, 0.2) is 18.2 Å². The first-order valence-electron chi connectivity index (χ1n) is 6.07. The van der Waals surface area contributed by atoms with Gasteiger partial charge in [-0.25, -0.2) is 0 Å². The Morgan fingerprint density at radius 1 is 1.42 bits per heavy atom. The minimum atomic E-state index is -0.610. The molecule has 1 saturated carbocycles. The zero-order valence-corrected chi connectivity index (χ0v) is 11.2. The number of hydrogen-bond donors (Lipinski definition) is 3. The van der Waals surface area contributed by atoms with Crippen molar-refractivity contribution in [3.63, 3.8) is 0 Å². The van der Waals surface area contributed by atoms with Gasteiger partial charge in [-0.3, -0.25) is 9.59 Å². The SMILES string of the molecule is CC(NC(=O)c1ccc(O)c(Cl)c1)C(=O)NC1CC1. The Kier molecular flexibility index (Phi) is 3.95. The van der Waals surface area contributed by atoms with Crippen molar-refractivity contribution >= 4 is 23.4 Å². The molecule has 2 amide bonds. The van der Waals surface area contributed by atoms with Crippen molar-refractivity contribution in [2.24, 2.45) is 0 Å². The molecule has 0 heterocycles. The van der Waals surface area contributed by atoms with E-state index in [0.717, 1.165) is 12.8 Å². The number of amides is 2. The largest absolute Gasteiger partial charge is 0.506 e. The number of benzene rings is 1.